The predicted molar refractivity (Wildman–Crippen MR) is 117 cm³/mol. The van der Waals surface area contributed by atoms with Gasteiger partial charge >= 0.3 is 0 Å². The molecule has 3 fully saturated rings. The second-order valence-electron chi connectivity index (χ2n) is 9.53. The van der Waals surface area contributed by atoms with E-state index in [0.29, 0.717) is 55.7 Å². The van der Waals surface area contributed by atoms with Gasteiger partial charge in [0.25, 0.3) is 0 Å². The Hall–Kier alpha value is -2.75. The number of nitrogens with zero attached hydrogens (tertiary/aromatic N) is 7. The number of rotatable bonds is 5. The molecular formula is C23H27F2N7O. The first-order valence-corrected chi connectivity index (χ1v) is 11.7. The van der Waals surface area contributed by atoms with Crippen molar-refractivity contribution >= 4 is 17.1 Å². The smallest absolute Gasteiger partial charge is 0.241 e. The van der Waals surface area contributed by atoms with E-state index in [1.807, 2.05) is 24.7 Å². The fourth-order valence-corrected chi connectivity index (χ4v) is 4.73. The zero-order valence-corrected chi connectivity index (χ0v) is 18.8. The maximum atomic E-state index is 13.1. The summed E-state index contributed by atoms with van der Waals surface area (Å²) in [6, 6.07) is 0.523. The van der Waals surface area contributed by atoms with E-state index >= 15 is 0 Å². The maximum Gasteiger partial charge on any atom is 0.241 e. The normalized spacial score (nSPS) is 25.6. The van der Waals surface area contributed by atoms with E-state index in [1.54, 1.807) is 0 Å². The molecule has 3 aliphatic rings. The minimum atomic E-state index is -2.29. The molecule has 8 nitrogen and oxygen atoms in total. The van der Waals surface area contributed by atoms with Gasteiger partial charge in [-0.3, -0.25) is 4.68 Å². The SMILES string of the molecule is Cc1nc2nc(N3CCO[C@H](c4cnn(C5CC5)c4)C3)nc([C@H]3C[C@H](C(F)F)C3)c2nc1C. The number of ether oxygens (including phenoxy) is 1. The van der Waals surface area contributed by atoms with Crippen LogP contribution in [-0.4, -0.2) is 55.8 Å². The Kier molecular flexibility index (Phi) is 5.01. The first-order chi connectivity index (χ1) is 16.0. The lowest BCUT2D eigenvalue weighted by molar-refractivity contribution is 0.0220. The Morgan fingerprint density at radius 1 is 1.06 bits per heavy atom. The molecule has 6 rings (SSSR count). The van der Waals surface area contributed by atoms with Gasteiger partial charge in [-0.05, 0) is 39.5 Å². The average Bonchev–Trinajstić information content (AvgIpc) is 3.50. The van der Waals surface area contributed by atoms with Gasteiger partial charge in [0.1, 0.15) is 11.6 Å². The van der Waals surface area contributed by atoms with E-state index < -0.39 is 12.3 Å². The van der Waals surface area contributed by atoms with Crippen LogP contribution in [0.3, 0.4) is 0 Å². The molecule has 3 aromatic rings. The number of aryl methyl sites for hydroxylation is 2. The van der Waals surface area contributed by atoms with Crippen LogP contribution in [0.1, 0.15) is 66.4 Å². The van der Waals surface area contributed by atoms with Crippen LogP contribution < -0.4 is 4.90 Å². The van der Waals surface area contributed by atoms with Gasteiger partial charge in [0.2, 0.25) is 12.4 Å². The summed E-state index contributed by atoms with van der Waals surface area (Å²) >= 11 is 0. The highest BCUT2D eigenvalue weighted by Crippen LogP contribution is 2.45. The van der Waals surface area contributed by atoms with Crippen molar-refractivity contribution in [2.45, 2.75) is 64.0 Å². The van der Waals surface area contributed by atoms with Crippen molar-refractivity contribution in [1.82, 2.24) is 29.7 Å². The summed E-state index contributed by atoms with van der Waals surface area (Å²) in [5.74, 6) is -0.0459. The monoisotopic (exact) mass is 455 g/mol. The van der Waals surface area contributed by atoms with Crippen molar-refractivity contribution in [1.29, 1.82) is 0 Å². The van der Waals surface area contributed by atoms with E-state index in [-0.39, 0.29) is 12.0 Å². The molecule has 1 aliphatic heterocycles. The number of morpholine rings is 1. The Morgan fingerprint density at radius 3 is 2.61 bits per heavy atom. The standard InChI is InChI=1S/C23H27F2N7O/c1-12-13(2)28-22-20(27-12)19(14-7-15(8-14)21(24)25)29-23(30-22)31-5-6-33-18(11-31)16-9-26-32(10-16)17-3-4-17/h9-10,14-15,17-18,21H,3-8,11H2,1-2H3/t14-,15-,18-/m0/s1. The number of anilines is 1. The zero-order chi connectivity index (χ0) is 22.7. The number of hydrogen-bond acceptors (Lipinski definition) is 7. The minimum absolute atomic E-state index is 0.0433. The van der Waals surface area contributed by atoms with Crippen LogP contribution in [0.4, 0.5) is 14.7 Å². The molecule has 1 atom stereocenters. The summed E-state index contributed by atoms with van der Waals surface area (Å²) in [7, 11) is 0. The third-order valence-corrected chi connectivity index (χ3v) is 7.14. The van der Waals surface area contributed by atoms with Crippen LogP contribution in [0.2, 0.25) is 0 Å². The quantitative estimate of drug-likeness (QED) is 0.577. The molecule has 0 spiro atoms. The molecule has 10 heteroatoms. The summed E-state index contributed by atoms with van der Waals surface area (Å²) in [6.45, 7) is 5.61. The predicted octanol–water partition coefficient (Wildman–Crippen LogP) is 3.90. The molecule has 1 saturated heterocycles. The molecule has 4 heterocycles. The molecule has 33 heavy (non-hydrogen) atoms. The molecule has 174 valence electrons. The van der Waals surface area contributed by atoms with Crippen molar-refractivity contribution in [3.63, 3.8) is 0 Å². The van der Waals surface area contributed by atoms with E-state index in [1.165, 1.54) is 12.8 Å². The van der Waals surface area contributed by atoms with Gasteiger partial charge in [0.05, 0.1) is 42.5 Å². The Morgan fingerprint density at radius 2 is 1.85 bits per heavy atom. The van der Waals surface area contributed by atoms with Crippen molar-refractivity contribution < 1.29 is 13.5 Å². The van der Waals surface area contributed by atoms with Gasteiger partial charge in [-0.1, -0.05) is 0 Å². The summed E-state index contributed by atoms with van der Waals surface area (Å²) < 4.78 is 34.3. The Balaban J connectivity index is 1.32. The van der Waals surface area contributed by atoms with Crippen molar-refractivity contribution in [2.24, 2.45) is 5.92 Å². The third-order valence-electron chi connectivity index (χ3n) is 7.14. The highest BCUT2D eigenvalue weighted by molar-refractivity contribution is 5.75. The fourth-order valence-electron chi connectivity index (χ4n) is 4.73. The largest absolute Gasteiger partial charge is 0.370 e. The van der Waals surface area contributed by atoms with E-state index in [4.69, 9.17) is 19.7 Å². The molecule has 3 aromatic heterocycles. The first-order valence-electron chi connectivity index (χ1n) is 11.7. The highest BCUT2D eigenvalue weighted by Gasteiger charge is 2.39. The zero-order valence-electron chi connectivity index (χ0n) is 18.8. The fraction of sp³-hybridized carbons (Fsp3) is 0.609. The Labute approximate surface area is 190 Å². The van der Waals surface area contributed by atoms with Gasteiger partial charge in [-0.25, -0.2) is 23.7 Å². The summed E-state index contributed by atoms with van der Waals surface area (Å²) in [5, 5.41) is 4.49. The molecule has 2 saturated carbocycles. The maximum absolute atomic E-state index is 13.1. The van der Waals surface area contributed by atoms with Gasteiger partial charge < -0.3 is 9.64 Å². The van der Waals surface area contributed by atoms with Crippen LogP contribution in [0.15, 0.2) is 12.4 Å². The second kappa shape index (κ2) is 7.93. The van der Waals surface area contributed by atoms with E-state index in [0.717, 1.165) is 22.6 Å². The molecule has 0 N–H and O–H groups in total. The lowest BCUT2D eigenvalue weighted by Gasteiger charge is -2.36. The van der Waals surface area contributed by atoms with Crippen LogP contribution in [0.5, 0.6) is 0 Å². The lowest BCUT2D eigenvalue weighted by Crippen LogP contribution is -2.39. The van der Waals surface area contributed by atoms with E-state index in [9.17, 15) is 8.78 Å². The highest BCUT2D eigenvalue weighted by atomic mass is 19.3. The van der Waals surface area contributed by atoms with Gasteiger partial charge in [0.15, 0.2) is 5.65 Å². The topological polar surface area (TPSA) is 81.9 Å². The van der Waals surface area contributed by atoms with Crippen molar-refractivity contribution in [3.8, 4) is 0 Å². The molecule has 2 aliphatic carbocycles. The van der Waals surface area contributed by atoms with Crippen LogP contribution in [0.25, 0.3) is 11.2 Å². The second-order valence-corrected chi connectivity index (χ2v) is 9.53. The summed E-state index contributed by atoms with van der Waals surface area (Å²) in [4.78, 5) is 21.1. The van der Waals surface area contributed by atoms with Gasteiger partial charge in [0, 0.05) is 30.1 Å². The average molecular weight is 456 g/mol. The lowest BCUT2D eigenvalue weighted by atomic mass is 9.73. The molecule has 0 aromatic carbocycles. The molecule has 0 amide bonds. The van der Waals surface area contributed by atoms with Gasteiger partial charge in [-0.2, -0.15) is 10.1 Å². The number of halogens is 2. The number of alkyl halides is 2. The summed E-state index contributed by atoms with van der Waals surface area (Å²) in [6.07, 6.45) is 4.76. The molecule has 0 radical (unpaired) electrons. The van der Waals surface area contributed by atoms with Crippen molar-refractivity contribution in [3.05, 3.63) is 35.0 Å². The van der Waals surface area contributed by atoms with Gasteiger partial charge in [-0.15, -0.1) is 0 Å². The van der Waals surface area contributed by atoms with Crippen LogP contribution in [-0.2, 0) is 4.74 Å². The summed E-state index contributed by atoms with van der Waals surface area (Å²) in [5.41, 5.74) is 4.58. The molecular weight excluding hydrogens is 428 g/mol. The first kappa shape index (κ1) is 20.8. The minimum Gasteiger partial charge on any atom is -0.370 e. The number of hydrogen-bond donors (Lipinski definition) is 0. The Bertz CT molecular complexity index is 1190. The molecule has 0 bridgehead atoms. The van der Waals surface area contributed by atoms with Crippen LogP contribution in [0, 0.1) is 19.8 Å². The third kappa shape index (κ3) is 3.84. The van der Waals surface area contributed by atoms with Crippen LogP contribution >= 0.6 is 0 Å². The molecule has 0 unspecified atom stereocenters. The van der Waals surface area contributed by atoms with E-state index in [2.05, 4.69) is 21.2 Å². The number of aromatic nitrogens is 6. The van der Waals surface area contributed by atoms with Crippen molar-refractivity contribution in [2.75, 3.05) is 24.6 Å². The number of fused-ring (bicyclic) bond motifs is 1.